The first kappa shape index (κ1) is 15.8. The van der Waals surface area contributed by atoms with E-state index >= 15 is 0 Å². The molecule has 1 saturated heterocycles. The number of nitrogens with zero attached hydrogens (tertiary/aromatic N) is 4. The second kappa shape index (κ2) is 8.63. The van der Waals surface area contributed by atoms with Gasteiger partial charge in [0.2, 0.25) is 0 Å². The molecule has 0 aliphatic carbocycles. The molecule has 7 heteroatoms. The fourth-order valence-corrected chi connectivity index (χ4v) is 2.33. The Bertz CT molecular complexity index is 413. The monoisotopic (exact) mass is 295 g/mol. The molecular formula is C14H25N5O2. The van der Waals surface area contributed by atoms with Crippen LogP contribution < -0.4 is 5.32 Å². The lowest BCUT2D eigenvalue weighted by atomic mass is 10.3. The minimum atomic E-state index is 0.654. The molecule has 2 rings (SSSR count). The van der Waals surface area contributed by atoms with Gasteiger partial charge in [0.1, 0.15) is 6.26 Å². The van der Waals surface area contributed by atoms with Gasteiger partial charge in [-0.25, -0.2) is 0 Å². The van der Waals surface area contributed by atoms with Crippen LogP contribution in [0.25, 0.3) is 0 Å². The third-order valence-corrected chi connectivity index (χ3v) is 3.44. The van der Waals surface area contributed by atoms with Crippen LogP contribution in [0.1, 0.15) is 12.6 Å². The summed E-state index contributed by atoms with van der Waals surface area (Å²) in [6.45, 7) is 9.11. The lowest BCUT2D eigenvalue weighted by molar-refractivity contribution is 0.168. The maximum Gasteiger partial charge on any atom is 0.194 e. The molecule has 0 unspecified atom stereocenters. The zero-order chi connectivity index (χ0) is 14.9. The van der Waals surface area contributed by atoms with E-state index in [1.807, 2.05) is 6.07 Å². The molecule has 1 aliphatic heterocycles. The van der Waals surface area contributed by atoms with Gasteiger partial charge in [-0.05, 0) is 6.92 Å². The van der Waals surface area contributed by atoms with E-state index in [9.17, 15) is 0 Å². The molecule has 1 N–H and O–H groups in total. The summed E-state index contributed by atoms with van der Waals surface area (Å²) in [7, 11) is 1.70. The molecule has 118 valence electrons. The zero-order valence-electron chi connectivity index (χ0n) is 12.9. The van der Waals surface area contributed by atoms with Crippen LogP contribution in [-0.2, 0) is 11.3 Å². The fraction of sp³-hybridized carbons (Fsp3) is 0.714. The molecule has 2 heterocycles. The first-order valence-electron chi connectivity index (χ1n) is 7.47. The average Bonchev–Trinajstić information content (AvgIpc) is 3.00. The van der Waals surface area contributed by atoms with Crippen LogP contribution in [0.4, 0.5) is 0 Å². The van der Waals surface area contributed by atoms with Gasteiger partial charge in [-0.15, -0.1) is 0 Å². The van der Waals surface area contributed by atoms with Crippen molar-refractivity contribution in [3.8, 4) is 0 Å². The van der Waals surface area contributed by atoms with Crippen LogP contribution >= 0.6 is 0 Å². The highest BCUT2D eigenvalue weighted by atomic mass is 16.5. The molecule has 1 aromatic heterocycles. The first-order valence-corrected chi connectivity index (χ1v) is 7.47. The van der Waals surface area contributed by atoms with Crippen molar-refractivity contribution in [2.24, 2.45) is 4.99 Å². The number of methoxy groups -OCH3 is 1. The Kier molecular flexibility index (Phi) is 6.49. The topological polar surface area (TPSA) is 66.1 Å². The van der Waals surface area contributed by atoms with E-state index < -0.39 is 0 Å². The van der Waals surface area contributed by atoms with Crippen LogP contribution in [0.5, 0.6) is 0 Å². The zero-order valence-corrected chi connectivity index (χ0v) is 12.9. The Morgan fingerprint density at radius 2 is 2.24 bits per heavy atom. The third-order valence-electron chi connectivity index (χ3n) is 3.44. The summed E-state index contributed by atoms with van der Waals surface area (Å²) in [5, 5.41) is 7.31. The van der Waals surface area contributed by atoms with Gasteiger partial charge in [-0.1, -0.05) is 5.16 Å². The summed E-state index contributed by atoms with van der Waals surface area (Å²) < 4.78 is 9.93. The number of ether oxygens (including phenoxy) is 1. The molecule has 21 heavy (non-hydrogen) atoms. The molecule has 0 amide bonds. The van der Waals surface area contributed by atoms with Gasteiger partial charge in [0, 0.05) is 52.4 Å². The molecule has 1 fully saturated rings. The van der Waals surface area contributed by atoms with E-state index in [1.165, 1.54) is 0 Å². The Labute approximate surface area is 125 Å². The van der Waals surface area contributed by atoms with Crippen LogP contribution in [-0.4, -0.2) is 73.9 Å². The highest BCUT2D eigenvalue weighted by Crippen LogP contribution is 2.07. The van der Waals surface area contributed by atoms with Gasteiger partial charge in [0.15, 0.2) is 5.96 Å². The van der Waals surface area contributed by atoms with E-state index in [1.54, 1.807) is 13.4 Å². The normalized spacial score (nSPS) is 17.2. The fourth-order valence-electron chi connectivity index (χ4n) is 2.33. The second-order valence-electron chi connectivity index (χ2n) is 4.98. The minimum absolute atomic E-state index is 0.654. The largest absolute Gasteiger partial charge is 0.383 e. The summed E-state index contributed by atoms with van der Waals surface area (Å²) in [4.78, 5) is 9.27. The van der Waals surface area contributed by atoms with Crippen LogP contribution in [0.15, 0.2) is 21.8 Å². The Hall–Kier alpha value is -1.60. The summed E-state index contributed by atoms with van der Waals surface area (Å²) in [6, 6.07) is 1.92. The van der Waals surface area contributed by atoms with E-state index in [-0.39, 0.29) is 0 Å². The Morgan fingerprint density at radius 3 is 2.86 bits per heavy atom. The van der Waals surface area contributed by atoms with E-state index in [2.05, 4.69) is 32.2 Å². The van der Waals surface area contributed by atoms with Crippen LogP contribution in [0, 0.1) is 0 Å². The molecule has 1 aromatic rings. The van der Waals surface area contributed by atoms with Crippen molar-refractivity contribution >= 4 is 5.96 Å². The number of hydrogen-bond acceptors (Lipinski definition) is 5. The molecule has 0 aromatic carbocycles. The van der Waals surface area contributed by atoms with Gasteiger partial charge in [-0.2, -0.15) is 0 Å². The van der Waals surface area contributed by atoms with Gasteiger partial charge in [-0.3, -0.25) is 9.89 Å². The van der Waals surface area contributed by atoms with Gasteiger partial charge in [0.25, 0.3) is 0 Å². The van der Waals surface area contributed by atoms with Crippen LogP contribution in [0.3, 0.4) is 0 Å². The summed E-state index contributed by atoms with van der Waals surface area (Å²) >= 11 is 0. The lowest BCUT2D eigenvalue weighted by Crippen LogP contribution is -2.52. The molecule has 0 radical (unpaired) electrons. The van der Waals surface area contributed by atoms with Crippen molar-refractivity contribution in [1.29, 1.82) is 0 Å². The smallest absolute Gasteiger partial charge is 0.194 e. The van der Waals surface area contributed by atoms with Crippen molar-refractivity contribution in [1.82, 2.24) is 20.3 Å². The van der Waals surface area contributed by atoms with Gasteiger partial charge >= 0.3 is 0 Å². The number of piperazine rings is 1. The van der Waals surface area contributed by atoms with Gasteiger partial charge in [0.05, 0.1) is 18.8 Å². The SMILES string of the molecule is CCNC(=NCCOC)N1CCN(Cc2ccon2)CC1. The molecular weight excluding hydrogens is 270 g/mol. The summed E-state index contributed by atoms with van der Waals surface area (Å²) in [5.74, 6) is 0.982. The third kappa shape index (κ3) is 5.02. The second-order valence-corrected chi connectivity index (χ2v) is 4.98. The van der Waals surface area contributed by atoms with E-state index in [0.29, 0.717) is 13.2 Å². The number of aromatic nitrogens is 1. The van der Waals surface area contributed by atoms with Crippen molar-refractivity contribution in [2.45, 2.75) is 13.5 Å². The summed E-state index contributed by atoms with van der Waals surface area (Å²) in [6.07, 6.45) is 1.62. The predicted octanol–water partition coefficient (Wildman–Crippen LogP) is 0.404. The van der Waals surface area contributed by atoms with Crippen molar-refractivity contribution < 1.29 is 9.26 Å². The maximum absolute atomic E-state index is 5.06. The molecule has 0 saturated carbocycles. The number of aliphatic imine (C=N–C) groups is 1. The van der Waals surface area contributed by atoms with E-state index in [4.69, 9.17) is 9.26 Å². The molecule has 1 aliphatic rings. The number of nitrogens with one attached hydrogen (secondary N) is 1. The summed E-state index contributed by atoms with van der Waals surface area (Å²) in [5.41, 5.74) is 0.990. The molecule has 0 atom stereocenters. The van der Waals surface area contributed by atoms with Crippen LogP contribution in [0.2, 0.25) is 0 Å². The highest BCUT2D eigenvalue weighted by molar-refractivity contribution is 5.80. The first-order chi connectivity index (χ1) is 10.3. The Morgan fingerprint density at radius 1 is 1.43 bits per heavy atom. The Balaban J connectivity index is 1.81. The number of guanidine groups is 1. The van der Waals surface area contributed by atoms with Crippen molar-refractivity contribution in [2.75, 3.05) is 53.0 Å². The predicted molar refractivity (Wildman–Crippen MR) is 81.2 cm³/mol. The average molecular weight is 295 g/mol. The molecule has 0 spiro atoms. The number of hydrogen-bond donors (Lipinski definition) is 1. The number of rotatable bonds is 6. The molecule has 0 bridgehead atoms. The molecule has 7 nitrogen and oxygen atoms in total. The minimum Gasteiger partial charge on any atom is -0.383 e. The highest BCUT2D eigenvalue weighted by Gasteiger charge is 2.20. The van der Waals surface area contributed by atoms with Crippen molar-refractivity contribution in [3.05, 3.63) is 18.0 Å². The van der Waals surface area contributed by atoms with E-state index in [0.717, 1.165) is 50.9 Å². The lowest BCUT2D eigenvalue weighted by Gasteiger charge is -2.36. The van der Waals surface area contributed by atoms with Crippen molar-refractivity contribution in [3.63, 3.8) is 0 Å². The quantitative estimate of drug-likeness (QED) is 0.466. The maximum atomic E-state index is 5.06. The van der Waals surface area contributed by atoms with Gasteiger partial charge < -0.3 is 19.5 Å². The standard InChI is InChI=1S/C14H25N5O2/c1-3-15-14(16-5-11-20-2)19-8-6-18(7-9-19)12-13-4-10-21-17-13/h4,10H,3,5-9,11-12H2,1-2H3,(H,15,16).